The van der Waals surface area contributed by atoms with E-state index in [1.165, 1.54) is 13.8 Å². The number of carboxylic acids is 1. The molecule has 7 nitrogen and oxygen atoms in total. The van der Waals surface area contributed by atoms with Crippen molar-refractivity contribution in [3.63, 3.8) is 0 Å². The molecule has 0 saturated carbocycles. The number of amides is 2. The first-order chi connectivity index (χ1) is 15.9. The summed E-state index contributed by atoms with van der Waals surface area (Å²) >= 11 is 0. The predicted octanol–water partition coefficient (Wildman–Crippen LogP) is 4.07. The largest absolute Gasteiger partial charge is 0.481 e. The predicted molar refractivity (Wildman–Crippen MR) is 117 cm³/mol. The zero-order valence-electron chi connectivity index (χ0n) is 18.6. The van der Waals surface area contributed by atoms with Gasteiger partial charge in [-0.2, -0.15) is 13.2 Å². The van der Waals surface area contributed by atoms with Crippen LogP contribution in [0, 0.1) is 5.92 Å². The molecule has 1 aliphatic carbocycles. The van der Waals surface area contributed by atoms with E-state index < -0.39 is 48.6 Å². The van der Waals surface area contributed by atoms with E-state index in [0.717, 1.165) is 22.3 Å². The maximum absolute atomic E-state index is 13.5. The summed E-state index contributed by atoms with van der Waals surface area (Å²) in [5, 5.41) is 13.0. The Labute approximate surface area is 194 Å². The third-order valence-electron chi connectivity index (χ3n) is 5.56. The molecule has 0 radical (unpaired) electrons. The summed E-state index contributed by atoms with van der Waals surface area (Å²) in [6.45, 7) is 1.46. The van der Waals surface area contributed by atoms with Crippen LogP contribution < -0.4 is 10.6 Å². The molecule has 0 saturated heterocycles. The number of alkyl halides is 3. The van der Waals surface area contributed by atoms with Crippen molar-refractivity contribution in [1.29, 1.82) is 0 Å². The van der Waals surface area contributed by atoms with E-state index >= 15 is 0 Å². The fraction of sp³-hybridized carbons (Fsp3) is 0.375. The van der Waals surface area contributed by atoms with Crippen molar-refractivity contribution >= 4 is 18.0 Å². The maximum atomic E-state index is 13.5. The number of carboxylic acid groups (broad SMARTS) is 1. The Balaban J connectivity index is 1.62. The molecule has 2 amide bonds. The van der Waals surface area contributed by atoms with E-state index in [1.807, 2.05) is 53.8 Å². The number of rotatable bonds is 8. The van der Waals surface area contributed by atoms with Crippen molar-refractivity contribution in [1.82, 2.24) is 10.6 Å². The topological polar surface area (TPSA) is 105 Å². The Kier molecular flexibility index (Phi) is 7.18. The van der Waals surface area contributed by atoms with Crippen LogP contribution in [-0.2, 0) is 14.3 Å². The van der Waals surface area contributed by atoms with Gasteiger partial charge in [0.1, 0.15) is 6.61 Å². The van der Waals surface area contributed by atoms with Gasteiger partial charge in [0.05, 0.1) is 6.42 Å². The summed E-state index contributed by atoms with van der Waals surface area (Å²) in [6.07, 6.45) is -6.61. The molecule has 0 spiro atoms. The Morgan fingerprint density at radius 1 is 1.00 bits per heavy atom. The minimum absolute atomic E-state index is 0.0889. The van der Waals surface area contributed by atoms with Crippen molar-refractivity contribution in [2.45, 2.75) is 37.9 Å². The average molecular weight is 478 g/mol. The molecule has 1 atom stereocenters. The minimum atomic E-state index is -4.96. The highest BCUT2D eigenvalue weighted by Gasteiger charge is 2.46. The quantitative estimate of drug-likeness (QED) is 0.531. The molecule has 3 N–H and O–H groups in total. The van der Waals surface area contributed by atoms with Crippen LogP contribution in [0.5, 0.6) is 0 Å². The normalized spacial score (nSPS) is 14.0. The standard InChI is InChI=1S/C24H25F3N2O5/c1-23(2,11-20(30)31)29-21(32)19(24(25,26)27)12-28-22(33)34-13-18-16-9-5-3-7-14(16)15-8-4-6-10-17(15)18/h3-10,18-19H,11-13H2,1-2H3,(H,28,33)(H,29,32)(H,30,31). The first-order valence-corrected chi connectivity index (χ1v) is 10.6. The molecular weight excluding hydrogens is 453 g/mol. The highest BCUT2D eigenvalue weighted by molar-refractivity contribution is 5.82. The SMILES string of the molecule is CC(C)(CC(=O)O)NC(=O)C(CNC(=O)OCC1c2ccccc2-c2ccccc21)C(F)(F)F. The van der Waals surface area contributed by atoms with Crippen LogP contribution in [0.1, 0.15) is 37.3 Å². The van der Waals surface area contributed by atoms with Crippen LogP contribution >= 0.6 is 0 Å². The van der Waals surface area contributed by atoms with Crippen molar-refractivity contribution in [2.75, 3.05) is 13.2 Å². The first-order valence-electron chi connectivity index (χ1n) is 10.6. The Hall–Kier alpha value is -3.56. The van der Waals surface area contributed by atoms with Crippen LogP contribution in [0.15, 0.2) is 48.5 Å². The third kappa shape index (κ3) is 5.86. The Morgan fingerprint density at radius 2 is 1.53 bits per heavy atom. The second-order valence-corrected chi connectivity index (χ2v) is 8.74. The second-order valence-electron chi connectivity index (χ2n) is 8.74. The fourth-order valence-electron chi connectivity index (χ4n) is 4.03. The lowest BCUT2D eigenvalue weighted by molar-refractivity contribution is -0.182. The number of carbonyl (C=O) groups is 3. The Bertz CT molecular complexity index is 1040. The number of fused-ring (bicyclic) bond motifs is 3. The van der Waals surface area contributed by atoms with Gasteiger partial charge in [-0.25, -0.2) is 4.79 Å². The van der Waals surface area contributed by atoms with Gasteiger partial charge in [0.25, 0.3) is 0 Å². The lowest BCUT2D eigenvalue weighted by atomic mass is 9.98. The molecule has 10 heteroatoms. The molecule has 3 rings (SSSR count). The number of ether oxygens (including phenoxy) is 1. The van der Waals surface area contributed by atoms with Gasteiger partial charge in [-0.3, -0.25) is 9.59 Å². The van der Waals surface area contributed by atoms with E-state index in [0.29, 0.717) is 0 Å². The fourth-order valence-corrected chi connectivity index (χ4v) is 4.03. The molecular formula is C24H25F3N2O5. The highest BCUT2D eigenvalue weighted by atomic mass is 19.4. The van der Waals surface area contributed by atoms with Crippen molar-refractivity contribution in [3.05, 3.63) is 59.7 Å². The highest BCUT2D eigenvalue weighted by Crippen LogP contribution is 2.44. The monoisotopic (exact) mass is 478 g/mol. The number of hydrogen-bond acceptors (Lipinski definition) is 4. The van der Waals surface area contributed by atoms with Crippen LogP contribution in [0.3, 0.4) is 0 Å². The van der Waals surface area contributed by atoms with E-state index in [1.54, 1.807) is 0 Å². The Morgan fingerprint density at radius 3 is 2.03 bits per heavy atom. The summed E-state index contributed by atoms with van der Waals surface area (Å²) < 4.78 is 45.6. The van der Waals surface area contributed by atoms with E-state index in [4.69, 9.17) is 9.84 Å². The van der Waals surface area contributed by atoms with Crippen LogP contribution in [0.25, 0.3) is 11.1 Å². The van der Waals surface area contributed by atoms with E-state index in [9.17, 15) is 27.6 Å². The molecule has 1 aliphatic rings. The van der Waals surface area contributed by atoms with Gasteiger partial charge in [0.15, 0.2) is 5.92 Å². The van der Waals surface area contributed by atoms with Gasteiger partial charge in [0.2, 0.25) is 5.91 Å². The van der Waals surface area contributed by atoms with Crippen LogP contribution in [0.4, 0.5) is 18.0 Å². The summed E-state index contributed by atoms with van der Waals surface area (Å²) in [7, 11) is 0. The minimum Gasteiger partial charge on any atom is -0.481 e. The second kappa shape index (κ2) is 9.74. The van der Waals surface area contributed by atoms with Gasteiger partial charge in [-0.15, -0.1) is 0 Å². The van der Waals surface area contributed by atoms with Crippen LogP contribution in [0.2, 0.25) is 0 Å². The lowest BCUT2D eigenvalue weighted by Gasteiger charge is -2.28. The number of hydrogen-bond donors (Lipinski definition) is 3. The molecule has 182 valence electrons. The van der Waals surface area contributed by atoms with Gasteiger partial charge in [0, 0.05) is 18.0 Å². The number of halogens is 3. The molecule has 1 unspecified atom stereocenters. The van der Waals surface area contributed by atoms with Gasteiger partial charge >= 0.3 is 18.2 Å². The summed E-state index contributed by atoms with van der Waals surface area (Å²) in [5.41, 5.74) is 2.50. The molecule has 0 fully saturated rings. The molecule has 0 bridgehead atoms. The molecule has 2 aromatic rings. The summed E-state index contributed by atoms with van der Waals surface area (Å²) in [6, 6.07) is 15.2. The van der Waals surface area contributed by atoms with E-state index in [-0.39, 0.29) is 12.5 Å². The number of aliphatic carboxylic acids is 1. The number of alkyl carbamates (subject to hydrolysis) is 1. The summed E-state index contributed by atoms with van der Waals surface area (Å²) in [4.78, 5) is 35.3. The molecule has 2 aromatic carbocycles. The van der Waals surface area contributed by atoms with Gasteiger partial charge in [-0.05, 0) is 36.1 Å². The molecule has 0 aliphatic heterocycles. The molecule has 34 heavy (non-hydrogen) atoms. The average Bonchev–Trinajstić information content (AvgIpc) is 3.04. The lowest BCUT2D eigenvalue weighted by Crippen LogP contribution is -2.53. The van der Waals surface area contributed by atoms with Crippen LogP contribution in [-0.4, -0.2) is 47.9 Å². The van der Waals surface area contributed by atoms with Crippen molar-refractivity contribution in [3.8, 4) is 11.1 Å². The first kappa shape index (κ1) is 25.1. The number of nitrogens with one attached hydrogen (secondary N) is 2. The number of benzene rings is 2. The van der Waals surface area contributed by atoms with Crippen molar-refractivity contribution in [2.24, 2.45) is 5.92 Å². The maximum Gasteiger partial charge on any atom is 0.407 e. The molecule has 0 aromatic heterocycles. The van der Waals surface area contributed by atoms with Crippen molar-refractivity contribution < 1.29 is 37.4 Å². The van der Waals surface area contributed by atoms with Gasteiger partial charge in [-0.1, -0.05) is 48.5 Å². The molecule has 0 heterocycles. The zero-order valence-corrected chi connectivity index (χ0v) is 18.6. The van der Waals surface area contributed by atoms with Gasteiger partial charge < -0.3 is 20.5 Å². The third-order valence-corrected chi connectivity index (χ3v) is 5.56. The zero-order chi connectivity index (χ0) is 25.1. The number of carbonyl (C=O) groups excluding carboxylic acids is 2. The smallest absolute Gasteiger partial charge is 0.407 e. The van der Waals surface area contributed by atoms with E-state index in [2.05, 4.69) is 5.32 Å². The summed E-state index contributed by atoms with van der Waals surface area (Å²) in [5.74, 6) is -5.54.